The average Bonchev–Trinajstić information content (AvgIpc) is 3.21. The third-order valence-electron chi connectivity index (χ3n) is 4.84. The van der Waals surface area contributed by atoms with Crippen molar-refractivity contribution in [1.29, 1.82) is 0 Å². The van der Waals surface area contributed by atoms with Crippen LogP contribution in [0.25, 0.3) is 11.4 Å². The van der Waals surface area contributed by atoms with E-state index in [1.807, 2.05) is 30.3 Å². The van der Waals surface area contributed by atoms with Crippen LogP contribution >= 0.6 is 11.6 Å². The molecule has 0 radical (unpaired) electrons. The van der Waals surface area contributed by atoms with Gasteiger partial charge in [0.25, 0.3) is 5.91 Å². The summed E-state index contributed by atoms with van der Waals surface area (Å²) in [6, 6.07) is 14.5. The van der Waals surface area contributed by atoms with Gasteiger partial charge >= 0.3 is 0 Å². The molecule has 2 heterocycles. The number of likely N-dealkylation sites (tertiary alicyclic amines) is 1. The van der Waals surface area contributed by atoms with E-state index in [4.69, 9.17) is 16.1 Å². The van der Waals surface area contributed by atoms with Crippen LogP contribution in [-0.2, 0) is 6.54 Å². The Kier molecular flexibility index (Phi) is 5.78. The van der Waals surface area contributed by atoms with Crippen molar-refractivity contribution >= 4 is 23.2 Å². The summed E-state index contributed by atoms with van der Waals surface area (Å²) in [4.78, 5) is 19.0. The zero-order valence-electron chi connectivity index (χ0n) is 15.7. The zero-order valence-corrected chi connectivity index (χ0v) is 16.5. The lowest BCUT2D eigenvalue weighted by atomic mass is 10.1. The quantitative estimate of drug-likeness (QED) is 0.665. The Balaban J connectivity index is 1.45. The molecule has 0 spiro atoms. The van der Waals surface area contributed by atoms with Gasteiger partial charge in [0.2, 0.25) is 11.7 Å². The van der Waals surface area contributed by atoms with Gasteiger partial charge in [-0.25, -0.2) is 0 Å². The number of aliphatic hydroxyl groups is 1. The topological polar surface area (TPSA) is 91.5 Å². The van der Waals surface area contributed by atoms with Gasteiger partial charge in [0.05, 0.1) is 18.2 Å². The van der Waals surface area contributed by atoms with Crippen molar-refractivity contribution < 1.29 is 14.4 Å². The number of hydrogen-bond acceptors (Lipinski definition) is 6. The van der Waals surface area contributed by atoms with E-state index < -0.39 is 6.10 Å². The molecule has 8 heteroatoms. The Labute approximate surface area is 173 Å². The van der Waals surface area contributed by atoms with Crippen LogP contribution in [-0.4, -0.2) is 45.2 Å². The minimum atomic E-state index is -0.461. The predicted molar refractivity (Wildman–Crippen MR) is 110 cm³/mol. The number of nitrogens with zero attached hydrogens (tertiary/aromatic N) is 3. The minimum absolute atomic E-state index is 0.0979. The highest BCUT2D eigenvalue weighted by atomic mass is 35.5. The van der Waals surface area contributed by atoms with Gasteiger partial charge in [0, 0.05) is 29.4 Å². The molecule has 3 aromatic rings. The Morgan fingerprint density at radius 2 is 2.03 bits per heavy atom. The summed E-state index contributed by atoms with van der Waals surface area (Å²) in [5.41, 5.74) is 2.05. The van der Waals surface area contributed by atoms with Crippen LogP contribution in [0.3, 0.4) is 0 Å². The van der Waals surface area contributed by atoms with Gasteiger partial charge in [0.1, 0.15) is 0 Å². The Morgan fingerprint density at radius 3 is 2.83 bits per heavy atom. The van der Waals surface area contributed by atoms with E-state index in [0.29, 0.717) is 41.1 Å². The van der Waals surface area contributed by atoms with E-state index in [2.05, 4.69) is 15.5 Å². The van der Waals surface area contributed by atoms with E-state index in [9.17, 15) is 9.90 Å². The molecular formula is C21H21ClN4O3. The molecule has 1 unspecified atom stereocenters. The largest absolute Gasteiger partial charge is 0.391 e. The molecule has 2 aromatic carbocycles. The lowest BCUT2D eigenvalue weighted by Gasteiger charge is -2.30. The van der Waals surface area contributed by atoms with E-state index in [1.54, 1.807) is 23.1 Å². The molecule has 150 valence electrons. The summed E-state index contributed by atoms with van der Waals surface area (Å²) in [5.74, 6) is 0.787. The van der Waals surface area contributed by atoms with Gasteiger partial charge in [-0.2, -0.15) is 4.98 Å². The van der Waals surface area contributed by atoms with Crippen LogP contribution in [0.4, 0.5) is 5.69 Å². The number of halogens is 1. The molecule has 29 heavy (non-hydrogen) atoms. The second-order valence-corrected chi connectivity index (χ2v) is 7.40. The molecule has 2 N–H and O–H groups in total. The molecule has 1 aliphatic rings. The Hall–Kier alpha value is -2.90. The predicted octanol–water partition coefficient (Wildman–Crippen LogP) is 3.60. The Morgan fingerprint density at radius 1 is 1.24 bits per heavy atom. The summed E-state index contributed by atoms with van der Waals surface area (Å²) in [6.07, 6.45) is 1.08. The van der Waals surface area contributed by atoms with Gasteiger partial charge in [0.15, 0.2) is 0 Å². The van der Waals surface area contributed by atoms with Crippen LogP contribution in [0.1, 0.15) is 29.1 Å². The van der Waals surface area contributed by atoms with Crippen LogP contribution < -0.4 is 5.32 Å². The van der Waals surface area contributed by atoms with Crippen molar-refractivity contribution in [2.75, 3.05) is 18.4 Å². The van der Waals surface area contributed by atoms with Crippen molar-refractivity contribution in [3.05, 3.63) is 65.0 Å². The molecule has 1 saturated heterocycles. The van der Waals surface area contributed by atoms with E-state index in [-0.39, 0.29) is 12.5 Å². The second kappa shape index (κ2) is 8.63. The molecule has 1 amide bonds. The van der Waals surface area contributed by atoms with E-state index >= 15 is 0 Å². The highest BCUT2D eigenvalue weighted by Crippen LogP contribution is 2.22. The van der Waals surface area contributed by atoms with Gasteiger partial charge < -0.3 is 19.8 Å². The van der Waals surface area contributed by atoms with Crippen LogP contribution in [0.15, 0.2) is 53.1 Å². The smallest absolute Gasteiger partial charge is 0.256 e. The lowest BCUT2D eigenvalue weighted by molar-refractivity contribution is 0.0474. The maximum atomic E-state index is 12.9. The first-order valence-electron chi connectivity index (χ1n) is 9.49. The summed E-state index contributed by atoms with van der Waals surface area (Å²) < 4.78 is 5.32. The number of aliphatic hydroxyl groups excluding tert-OH is 1. The number of benzene rings is 2. The van der Waals surface area contributed by atoms with Crippen LogP contribution in [0, 0.1) is 0 Å². The van der Waals surface area contributed by atoms with Gasteiger partial charge in [-0.15, -0.1) is 0 Å². The third-order valence-corrected chi connectivity index (χ3v) is 5.09. The number of nitrogens with one attached hydrogen (secondary N) is 1. The maximum Gasteiger partial charge on any atom is 0.256 e. The van der Waals surface area contributed by atoms with Crippen molar-refractivity contribution in [3.8, 4) is 11.4 Å². The molecular weight excluding hydrogens is 392 g/mol. The number of amides is 1. The second-order valence-electron chi connectivity index (χ2n) is 6.96. The minimum Gasteiger partial charge on any atom is -0.391 e. The molecule has 0 saturated carbocycles. The number of aromatic nitrogens is 2. The van der Waals surface area contributed by atoms with Gasteiger partial charge in [-0.3, -0.25) is 4.79 Å². The number of β-amino-alcohol motifs (C(OH)–C–C–N with tert-alkyl or cyclic N) is 1. The van der Waals surface area contributed by atoms with Crippen molar-refractivity contribution in [2.24, 2.45) is 0 Å². The molecule has 1 fully saturated rings. The standard InChI is InChI=1S/C21H21ClN4O3/c22-15-9-7-14(8-10-15)20-24-19(29-25-20)12-23-18-6-2-1-5-17(18)21(28)26-11-3-4-16(27)13-26/h1-2,5-10,16,23,27H,3-4,11-13H2. The highest BCUT2D eigenvalue weighted by molar-refractivity contribution is 6.30. The first-order chi connectivity index (χ1) is 14.1. The number of hydrogen-bond donors (Lipinski definition) is 2. The lowest BCUT2D eigenvalue weighted by Crippen LogP contribution is -2.42. The van der Waals surface area contributed by atoms with Crippen molar-refractivity contribution in [3.63, 3.8) is 0 Å². The summed E-state index contributed by atoms with van der Waals surface area (Å²) in [5, 5.41) is 17.7. The normalized spacial score (nSPS) is 16.6. The van der Waals surface area contributed by atoms with E-state index in [0.717, 1.165) is 18.4 Å². The SMILES string of the molecule is O=C(c1ccccc1NCc1nc(-c2ccc(Cl)cc2)no1)N1CCCC(O)C1. The van der Waals surface area contributed by atoms with E-state index in [1.165, 1.54) is 0 Å². The van der Waals surface area contributed by atoms with Crippen molar-refractivity contribution in [2.45, 2.75) is 25.5 Å². The number of anilines is 1. The summed E-state index contributed by atoms with van der Waals surface area (Å²) in [6.45, 7) is 1.30. The summed E-state index contributed by atoms with van der Waals surface area (Å²) >= 11 is 5.91. The fourth-order valence-corrected chi connectivity index (χ4v) is 3.47. The first-order valence-corrected chi connectivity index (χ1v) is 9.87. The number of para-hydroxylation sites is 1. The molecule has 7 nitrogen and oxygen atoms in total. The fourth-order valence-electron chi connectivity index (χ4n) is 3.35. The van der Waals surface area contributed by atoms with Gasteiger partial charge in [-0.1, -0.05) is 28.9 Å². The molecule has 0 aliphatic carbocycles. The van der Waals surface area contributed by atoms with Crippen LogP contribution in [0.2, 0.25) is 5.02 Å². The molecule has 4 rings (SSSR count). The molecule has 0 bridgehead atoms. The third kappa shape index (κ3) is 4.58. The maximum absolute atomic E-state index is 12.9. The number of carbonyl (C=O) groups is 1. The van der Waals surface area contributed by atoms with Crippen LogP contribution in [0.5, 0.6) is 0 Å². The fraction of sp³-hybridized carbons (Fsp3) is 0.286. The summed E-state index contributed by atoms with van der Waals surface area (Å²) in [7, 11) is 0. The van der Waals surface area contributed by atoms with Gasteiger partial charge in [-0.05, 0) is 49.2 Å². The Bertz CT molecular complexity index is 990. The number of carbonyl (C=O) groups excluding carboxylic acids is 1. The molecule has 1 aromatic heterocycles. The number of piperidine rings is 1. The number of rotatable bonds is 5. The highest BCUT2D eigenvalue weighted by Gasteiger charge is 2.24. The average molecular weight is 413 g/mol. The first kappa shape index (κ1) is 19.4. The zero-order chi connectivity index (χ0) is 20.2. The van der Waals surface area contributed by atoms with Crippen molar-refractivity contribution in [1.82, 2.24) is 15.0 Å². The monoisotopic (exact) mass is 412 g/mol. The molecule has 1 atom stereocenters. The molecule has 1 aliphatic heterocycles.